The number of hydrogen-bond acceptors (Lipinski definition) is 3. The van der Waals surface area contributed by atoms with E-state index in [1.54, 1.807) is 7.11 Å². The van der Waals surface area contributed by atoms with Crippen LogP contribution >= 0.6 is 0 Å². The summed E-state index contributed by atoms with van der Waals surface area (Å²) in [6, 6.07) is 13.3. The Morgan fingerprint density at radius 2 is 1.90 bits per heavy atom. The van der Waals surface area contributed by atoms with Gasteiger partial charge in [0.1, 0.15) is 5.75 Å². The van der Waals surface area contributed by atoms with E-state index in [9.17, 15) is 0 Å². The molecule has 1 aliphatic heterocycles. The van der Waals surface area contributed by atoms with E-state index < -0.39 is 0 Å². The van der Waals surface area contributed by atoms with E-state index in [2.05, 4.69) is 53.5 Å². The molecule has 3 heteroatoms. The standard InChI is InChI=1S/C18H24N2O/c1-3-16(20-12-10-19-11-13-20)18-15-7-5-4-6-14(15)8-9-17(18)21-2/h4-9,16,19H,3,10-13H2,1-2H3/t16-/m1/s1. The number of nitrogens with one attached hydrogen (secondary N) is 1. The maximum absolute atomic E-state index is 5.68. The highest BCUT2D eigenvalue weighted by Crippen LogP contribution is 2.37. The van der Waals surface area contributed by atoms with E-state index in [-0.39, 0.29) is 0 Å². The van der Waals surface area contributed by atoms with Gasteiger partial charge in [-0.1, -0.05) is 37.3 Å². The molecule has 3 nitrogen and oxygen atoms in total. The summed E-state index contributed by atoms with van der Waals surface area (Å²) >= 11 is 0. The number of piperazine rings is 1. The van der Waals surface area contributed by atoms with Gasteiger partial charge in [0.2, 0.25) is 0 Å². The van der Waals surface area contributed by atoms with Crippen molar-refractivity contribution in [2.45, 2.75) is 19.4 Å². The molecule has 2 aromatic carbocycles. The summed E-state index contributed by atoms with van der Waals surface area (Å²) in [5.41, 5.74) is 1.35. The summed E-state index contributed by atoms with van der Waals surface area (Å²) in [4.78, 5) is 2.58. The van der Waals surface area contributed by atoms with Crippen molar-refractivity contribution in [3.8, 4) is 5.75 Å². The van der Waals surface area contributed by atoms with Crippen molar-refractivity contribution >= 4 is 10.8 Å². The first-order valence-corrected chi connectivity index (χ1v) is 7.85. The minimum atomic E-state index is 0.424. The lowest BCUT2D eigenvalue weighted by molar-refractivity contribution is 0.167. The quantitative estimate of drug-likeness (QED) is 0.933. The molecule has 2 aromatic rings. The average Bonchev–Trinajstić information content (AvgIpc) is 2.56. The molecule has 3 rings (SSSR count). The number of methoxy groups -OCH3 is 1. The molecule has 0 unspecified atom stereocenters. The number of fused-ring (bicyclic) bond motifs is 1. The largest absolute Gasteiger partial charge is 0.496 e. The predicted molar refractivity (Wildman–Crippen MR) is 88.0 cm³/mol. The molecule has 1 heterocycles. The summed E-state index contributed by atoms with van der Waals surface area (Å²) in [5, 5.41) is 6.05. The molecule has 0 spiro atoms. The van der Waals surface area contributed by atoms with Gasteiger partial charge in [-0.2, -0.15) is 0 Å². The van der Waals surface area contributed by atoms with Gasteiger partial charge in [-0.15, -0.1) is 0 Å². The number of rotatable bonds is 4. The Balaban J connectivity index is 2.10. The van der Waals surface area contributed by atoms with E-state index in [0.29, 0.717) is 6.04 Å². The SMILES string of the molecule is CC[C@H](c1c(OC)ccc2ccccc12)N1CCNCC1. The maximum atomic E-state index is 5.68. The molecule has 0 bridgehead atoms. The van der Waals surface area contributed by atoms with E-state index in [1.807, 2.05) is 0 Å². The number of benzene rings is 2. The molecule has 0 aliphatic carbocycles. The molecular formula is C18H24N2O. The third kappa shape index (κ3) is 2.76. The van der Waals surface area contributed by atoms with Crippen molar-refractivity contribution in [2.24, 2.45) is 0 Å². The number of ether oxygens (including phenoxy) is 1. The monoisotopic (exact) mass is 284 g/mol. The van der Waals surface area contributed by atoms with E-state index in [0.717, 1.165) is 38.3 Å². The fourth-order valence-corrected chi connectivity index (χ4v) is 3.44. The van der Waals surface area contributed by atoms with Crippen LogP contribution in [-0.2, 0) is 0 Å². The van der Waals surface area contributed by atoms with Crippen molar-refractivity contribution in [3.63, 3.8) is 0 Å². The topological polar surface area (TPSA) is 24.5 Å². The van der Waals surface area contributed by atoms with E-state index in [4.69, 9.17) is 4.74 Å². The van der Waals surface area contributed by atoms with Gasteiger partial charge in [-0.05, 0) is 23.3 Å². The maximum Gasteiger partial charge on any atom is 0.124 e. The molecule has 1 N–H and O–H groups in total. The zero-order valence-corrected chi connectivity index (χ0v) is 12.9. The first-order chi connectivity index (χ1) is 10.3. The second kappa shape index (κ2) is 6.46. The molecule has 1 fully saturated rings. The van der Waals surface area contributed by atoms with Crippen molar-refractivity contribution < 1.29 is 4.74 Å². The van der Waals surface area contributed by atoms with Gasteiger partial charge in [0, 0.05) is 37.8 Å². The van der Waals surface area contributed by atoms with Crippen LogP contribution in [0.2, 0.25) is 0 Å². The third-order valence-electron chi connectivity index (χ3n) is 4.46. The first-order valence-electron chi connectivity index (χ1n) is 7.85. The van der Waals surface area contributed by atoms with Crippen LogP contribution < -0.4 is 10.1 Å². The summed E-state index contributed by atoms with van der Waals surface area (Å²) in [6.07, 6.45) is 1.10. The van der Waals surface area contributed by atoms with Crippen LogP contribution in [0.3, 0.4) is 0 Å². The summed E-state index contributed by atoms with van der Waals surface area (Å²) in [5.74, 6) is 1.01. The highest BCUT2D eigenvalue weighted by molar-refractivity contribution is 5.88. The molecule has 0 aromatic heterocycles. The first kappa shape index (κ1) is 14.4. The zero-order valence-electron chi connectivity index (χ0n) is 12.9. The second-order valence-corrected chi connectivity index (χ2v) is 5.61. The lowest BCUT2D eigenvalue weighted by Gasteiger charge is -2.35. The van der Waals surface area contributed by atoms with Gasteiger partial charge >= 0.3 is 0 Å². The van der Waals surface area contributed by atoms with Crippen LogP contribution in [0.4, 0.5) is 0 Å². The van der Waals surface area contributed by atoms with Crippen molar-refractivity contribution in [3.05, 3.63) is 42.0 Å². The lowest BCUT2D eigenvalue weighted by Crippen LogP contribution is -2.45. The molecule has 0 radical (unpaired) electrons. The van der Waals surface area contributed by atoms with Gasteiger partial charge in [0.15, 0.2) is 0 Å². The Kier molecular flexibility index (Phi) is 4.42. The van der Waals surface area contributed by atoms with Crippen LogP contribution in [0.5, 0.6) is 5.75 Å². The fraction of sp³-hybridized carbons (Fsp3) is 0.444. The van der Waals surface area contributed by atoms with Crippen LogP contribution in [0.15, 0.2) is 36.4 Å². The Labute approximate surface area is 126 Å². The number of hydrogen-bond donors (Lipinski definition) is 1. The van der Waals surface area contributed by atoms with Crippen molar-refractivity contribution in [1.82, 2.24) is 10.2 Å². The Morgan fingerprint density at radius 1 is 1.14 bits per heavy atom. The molecule has 0 amide bonds. The molecule has 112 valence electrons. The molecule has 1 atom stereocenters. The van der Waals surface area contributed by atoms with Crippen molar-refractivity contribution in [1.29, 1.82) is 0 Å². The molecule has 1 aliphatic rings. The van der Waals surface area contributed by atoms with Crippen LogP contribution in [0, 0.1) is 0 Å². The zero-order chi connectivity index (χ0) is 14.7. The fourth-order valence-electron chi connectivity index (χ4n) is 3.44. The molecular weight excluding hydrogens is 260 g/mol. The highest BCUT2D eigenvalue weighted by Gasteiger charge is 2.25. The lowest BCUT2D eigenvalue weighted by atomic mass is 9.94. The average molecular weight is 284 g/mol. The molecule has 0 saturated carbocycles. The van der Waals surface area contributed by atoms with Gasteiger partial charge in [-0.3, -0.25) is 4.90 Å². The predicted octanol–water partition coefficient (Wildman–Crippen LogP) is 3.20. The Hall–Kier alpha value is -1.58. The number of nitrogens with zero attached hydrogens (tertiary/aromatic N) is 1. The van der Waals surface area contributed by atoms with Gasteiger partial charge in [0.25, 0.3) is 0 Å². The second-order valence-electron chi connectivity index (χ2n) is 5.61. The van der Waals surface area contributed by atoms with Gasteiger partial charge < -0.3 is 10.1 Å². The summed E-state index contributed by atoms with van der Waals surface area (Å²) in [7, 11) is 1.78. The van der Waals surface area contributed by atoms with Crippen LogP contribution in [0.25, 0.3) is 10.8 Å². The highest BCUT2D eigenvalue weighted by atomic mass is 16.5. The summed E-state index contributed by atoms with van der Waals surface area (Å²) < 4.78 is 5.68. The molecule has 1 saturated heterocycles. The minimum Gasteiger partial charge on any atom is -0.496 e. The molecule has 21 heavy (non-hydrogen) atoms. The van der Waals surface area contributed by atoms with Gasteiger partial charge in [0.05, 0.1) is 7.11 Å². The third-order valence-corrected chi connectivity index (χ3v) is 4.46. The Morgan fingerprint density at radius 3 is 2.62 bits per heavy atom. The Bertz CT molecular complexity index is 605. The minimum absolute atomic E-state index is 0.424. The summed E-state index contributed by atoms with van der Waals surface area (Å²) in [6.45, 7) is 6.62. The smallest absolute Gasteiger partial charge is 0.124 e. The van der Waals surface area contributed by atoms with E-state index in [1.165, 1.54) is 16.3 Å². The van der Waals surface area contributed by atoms with Crippen LogP contribution in [0.1, 0.15) is 24.9 Å². The van der Waals surface area contributed by atoms with Gasteiger partial charge in [-0.25, -0.2) is 0 Å². The van der Waals surface area contributed by atoms with Crippen molar-refractivity contribution in [2.75, 3.05) is 33.3 Å². The van der Waals surface area contributed by atoms with Crippen LogP contribution in [-0.4, -0.2) is 38.2 Å². The normalized spacial score (nSPS) is 17.8. The van der Waals surface area contributed by atoms with E-state index >= 15 is 0 Å².